The molecule has 0 saturated heterocycles. The molecule has 2 aromatic carbocycles. The van der Waals surface area contributed by atoms with E-state index in [-0.39, 0.29) is 17.4 Å². The van der Waals surface area contributed by atoms with E-state index in [2.05, 4.69) is 20.6 Å². The lowest BCUT2D eigenvalue weighted by Gasteiger charge is -2.09. The van der Waals surface area contributed by atoms with Gasteiger partial charge < -0.3 is 10.6 Å². The van der Waals surface area contributed by atoms with Crippen molar-refractivity contribution in [3.8, 4) is 0 Å². The third-order valence-electron chi connectivity index (χ3n) is 3.80. The molecule has 0 saturated carbocycles. The molecular weight excluding hydrogens is 367 g/mol. The second-order valence-electron chi connectivity index (χ2n) is 5.98. The minimum Gasteiger partial charge on any atom is -0.354 e. The topological polar surface area (TPSA) is 66.9 Å². The van der Waals surface area contributed by atoms with Gasteiger partial charge >= 0.3 is 0 Å². The number of carbonyl (C=O) groups excluding carboxylic acids is 1. The molecule has 0 fully saturated rings. The number of amides is 1. The smallest absolute Gasteiger partial charge is 0.274 e. The fraction of sp³-hybridized carbons (Fsp3) is 0.150. The van der Waals surface area contributed by atoms with Gasteiger partial charge in [-0.15, -0.1) is 0 Å². The van der Waals surface area contributed by atoms with Gasteiger partial charge in [-0.25, -0.2) is 14.4 Å². The lowest BCUT2D eigenvalue weighted by Crippen LogP contribution is -2.16. The van der Waals surface area contributed by atoms with Crippen molar-refractivity contribution in [2.45, 2.75) is 13.3 Å². The highest BCUT2D eigenvalue weighted by Crippen LogP contribution is 2.15. The highest BCUT2D eigenvalue weighted by molar-refractivity contribution is 6.30. The summed E-state index contributed by atoms with van der Waals surface area (Å²) in [6.45, 7) is 2.36. The Morgan fingerprint density at radius 1 is 1.07 bits per heavy atom. The first kappa shape index (κ1) is 18.8. The van der Waals surface area contributed by atoms with Gasteiger partial charge in [-0.1, -0.05) is 23.7 Å². The van der Waals surface area contributed by atoms with Gasteiger partial charge in [0.15, 0.2) is 0 Å². The van der Waals surface area contributed by atoms with Gasteiger partial charge in [-0.05, 0) is 61.4 Å². The van der Waals surface area contributed by atoms with E-state index >= 15 is 0 Å². The Morgan fingerprint density at radius 2 is 1.78 bits per heavy atom. The highest BCUT2D eigenvalue weighted by atomic mass is 35.5. The Labute approximate surface area is 161 Å². The Hall–Kier alpha value is -2.99. The SMILES string of the molecule is Cc1cc(C(=O)Nc2ccc(Cl)cc2)nc(NCCc2ccc(F)cc2)n1. The van der Waals surface area contributed by atoms with Gasteiger partial charge in [0.05, 0.1) is 0 Å². The van der Waals surface area contributed by atoms with Crippen LogP contribution in [0.15, 0.2) is 54.6 Å². The van der Waals surface area contributed by atoms with Crippen LogP contribution < -0.4 is 10.6 Å². The molecule has 3 rings (SSSR count). The van der Waals surface area contributed by atoms with Gasteiger partial charge in [0.25, 0.3) is 5.91 Å². The average Bonchev–Trinajstić information content (AvgIpc) is 2.65. The van der Waals surface area contributed by atoms with Gasteiger partial charge in [-0.2, -0.15) is 0 Å². The number of anilines is 2. The maximum atomic E-state index is 12.9. The zero-order valence-electron chi connectivity index (χ0n) is 14.7. The fourth-order valence-electron chi connectivity index (χ4n) is 2.46. The summed E-state index contributed by atoms with van der Waals surface area (Å²) in [7, 11) is 0. The fourth-order valence-corrected chi connectivity index (χ4v) is 2.59. The van der Waals surface area contributed by atoms with E-state index in [0.29, 0.717) is 35.3 Å². The zero-order valence-corrected chi connectivity index (χ0v) is 15.4. The molecule has 0 unspecified atom stereocenters. The molecule has 7 heteroatoms. The molecule has 0 spiro atoms. The zero-order chi connectivity index (χ0) is 19.2. The third-order valence-corrected chi connectivity index (χ3v) is 4.05. The molecule has 0 radical (unpaired) electrons. The standard InChI is InChI=1S/C20H18ClFN4O/c1-13-12-18(19(27)25-17-8-4-15(21)5-9-17)26-20(24-13)23-11-10-14-2-6-16(22)7-3-14/h2-9,12H,10-11H2,1H3,(H,25,27)(H,23,24,26). The summed E-state index contributed by atoms with van der Waals surface area (Å²) >= 11 is 5.85. The van der Waals surface area contributed by atoms with Crippen LogP contribution in [-0.2, 0) is 6.42 Å². The van der Waals surface area contributed by atoms with Crippen LogP contribution in [0.5, 0.6) is 0 Å². The largest absolute Gasteiger partial charge is 0.354 e. The van der Waals surface area contributed by atoms with E-state index in [0.717, 1.165) is 5.56 Å². The number of benzene rings is 2. The number of hydrogen-bond acceptors (Lipinski definition) is 4. The van der Waals surface area contributed by atoms with E-state index in [4.69, 9.17) is 11.6 Å². The predicted octanol–water partition coefficient (Wildman–Crippen LogP) is 4.48. The molecule has 0 atom stereocenters. The molecule has 1 amide bonds. The maximum absolute atomic E-state index is 12.9. The molecule has 138 valence electrons. The van der Waals surface area contributed by atoms with E-state index in [9.17, 15) is 9.18 Å². The van der Waals surface area contributed by atoms with Crippen molar-refractivity contribution in [2.75, 3.05) is 17.2 Å². The summed E-state index contributed by atoms with van der Waals surface area (Å²) in [6, 6.07) is 14.8. The Morgan fingerprint density at radius 3 is 2.48 bits per heavy atom. The molecule has 1 aromatic heterocycles. The lowest BCUT2D eigenvalue weighted by molar-refractivity contribution is 0.102. The summed E-state index contributed by atoms with van der Waals surface area (Å²) in [5.74, 6) is -0.215. The molecule has 2 N–H and O–H groups in total. The lowest BCUT2D eigenvalue weighted by atomic mass is 10.1. The van der Waals surface area contributed by atoms with Crippen molar-refractivity contribution in [1.29, 1.82) is 0 Å². The molecule has 0 bridgehead atoms. The van der Waals surface area contributed by atoms with Crippen LogP contribution in [0.1, 0.15) is 21.7 Å². The molecule has 0 aliphatic carbocycles. The Bertz CT molecular complexity index is 930. The van der Waals surface area contributed by atoms with Crippen molar-refractivity contribution >= 4 is 29.1 Å². The first-order valence-electron chi connectivity index (χ1n) is 8.40. The third kappa shape index (κ3) is 5.49. The van der Waals surface area contributed by atoms with E-state index in [1.54, 1.807) is 49.4 Å². The minimum atomic E-state index is -0.329. The van der Waals surface area contributed by atoms with Crippen molar-refractivity contribution < 1.29 is 9.18 Å². The normalized spacial score (nSPS) is 10.5. The van der Waals surface area contributed by atoms with Gasteiger partial charge in [0, 0.05) is 22.9 Å². The molecule has 0 aliphatic rings. The number of aryl methyl sites for hydroxylation is 1. The van der Waals surface area contributed by atoms with E-state index < -0.39 is 0 Å². The van der Waals surface area contributed by atoms with E-state index in [1.807, 2.05) is 0 Å². The van der Waals surface area contributed by atoms with Crippen LogP contribution in [0.4, 0.5) is 16.0 Å². The van der Waals surface area contributed by atoms with Crippen molar-refractivity contribution in [3.05, 3.63) is 82.4 Å². The first-order chi connectivity index (χ1) is 13.0. The summed E-state index contributed by atoms with van der Waals surface area (Å²) in [5, 5.41) is 6.47. The minimum absolute atomic E-state index is 0.259. The summed E-state index contributed by atoms with van der Waals surface area (Å²) < 4.78 is 12.9. The van der Waals surface area contributed by atoms with Crippen LogP contribution in [0.25, 0.3) is 0 Å². The second-order valence-corrected chi connectivity index (χ2v) is 6.42. The number of carbonyl (C=O) groups is 1. The van der Waals surface area contributed by atoms with Crippen LogP contribution in [-0.4, -0.2) is 22.4 Å². The molecule has 1 heterocycles. The Balaban J connectivity index is 1.63. The van der Waals surface area contributed by atoms with Crippen LogP contribution >= 0.6 is 11.6 Å². The molecule has 3 aromatic rings. The van der Waals surface area contributed by atoms with Crippen LogP contribution in [0.2, 0.25) is 5.02 Å². The molecular formula is C20H18ClFN4O. The van der Waals surface area contributed by atoms with Crippen molar-refractivity contribution in [2.24, 2.45) is 0 Å². The van der Waals surface area contributed by atoms with Crippen LogP contribution in [0.3, 0.4) is 0 Å². The predicted molar refractivity (Wildman–Crippen MR) is 105 cm³/mol. The quantitative estimate of drug-likeness (QED) is 0.657. The van der Waals surface area contributed by atoms with Crippen molar-refractivity contribution in [1.82, 2.24) is 9.97 Å². The molecule has 27 heavy (non-hydrogen) atoms. The number of nitrogens with zero attached hydrogens (tertiary/aromatic N) is 2. The number of halogens is 2. The monoisotopic (exact) mass is 384 g/mol. The summed E-state index contributed by atoms with van der Waals surface area (Å²) in [5.41, 5.74) is 2.57. The van der Waals surface area contributed by atoms with Gasteiger partial charge in [0.2, 0.25) is 5.95 Å². The highest BCUT2D eigenvalue weighted by Gasteiger charge is 2.11. The maximum Gasteiger partial charge on any atom is 0.274 e. The van der Waals surface area contributed by atoms with E-state index in [1.165, 1.54) is 12.1 Å². The van der Waals surface area contributed by atoms with Crippen LogP contribution in [0, 0.1) is 12.7 Å². The number of nitrogens with one attached hydrogen (secondary N) is 2. The van der Waals surface area contributed by atoms with Gasteiger partial charge in [0.1, 0.15) is 11.5 Å². The number of hydrogen-bond donors (Lipinski definition) is 2. The Kier molecular flexibility index (Phi) is 5.98. The van der Waals surface area contributed by atoms with Crippen molar-refractivity contribution in [3.63, 3.8) is 0 Å². The number of aromatic nitrogens is 2. The average molecular weight is 385 g/mol. The summed E-state index contributed by atoms with van der Waals surface area (Å²) in [4.78, 5) is 21.0. The number of rotatable bonds is 6. The second kappa shape index (κ2) is 8.60. The molecule has 0 aliphatic heterocycles. The summed E-state index contributed by atoms with van der Waals surface area (Å²) in [6.07, 6.45) is 0.684. The van der Waals surface area contributed by atoms with Gasteiger partial charge in [-0.3, -0.25) is 4.79 Å². The molecule has 5 nitrogen and oxygen atoms in total. The first-order valence-corrected chi connectivity index (χ1v) is 8.78.